The Kier molecular flexibility index (Phi) is 5.00. The van der Waals surface area contributed by atoms with Crippen LogP contribution in [0.25, 0.3) is 11.3 Å². The lowest BCUT2D eigenvalue weighted by atomic mass is 10.1. The Bertz CT molecular complexity index is 769. The number of rotatable bonds is 5. The molecular weight excluding hydrogens is 300 g/mol. The molecule has 7 heteroatoms. The Hall–Kier alpha value is -2.83. The molecule has 0 unspecified atom stereocenters. The van der Waals surface area contributed by atoms with Crippen LogP contribution in [-0.4, -0.2) is 37.1 Å². The Morgan fingerprint density at radius 1 is 1.13 bits per heavy atom. The predicted octanol–water partition coefficient (Wildman–Crippen LogP) is 1.66. The van der Waals surface area contributed by atoms with Gasteiger partial charge in [0.1, 0.15) is 11.5 Å². The van der Waals surface area contributed by atoms with Gasteiger partial charge in [-0.1, -0.05) is 0 Å². The van der Waals surface area contributed by atoms with E-state index in [0.29, 0.717) is 22.8 Å². The van der Waals surface area contributed by atoms with E-state index >= 15 is 0 Å². The second-order valence-electron chi connectivity index (χ2n) is 4.77. The van der Waals surface area contributed by atoms with E-state index in [0.717, 1.165) is 4.68 Å². The maximum absolute atomic E-state index is 12.0. The SMILES string of the molecule is COC(=O)[C@@H](C)n1nc(-c2cc(OC)ccc2OC)ccc1=O. The summed E-state index contributed by atoms with van der Waals surface area (Å²) in [7, 11) is 4.36. The average Bonchev–Trinajstić information content (AvgIpc) is 2.60. The fraction of sp³-hybridized carbons (Fsp3) is 0.312. The molecule has 2 aromatic rings. The van der Waals surface area contributed by atoms with Crippen molar-refractivity contribution >= 4 is 5.97 Å². The van der Waals surface area contributed by atoms with E-state index < -0.39 is 17.6 Å². The van der Waals surface area contributed by atoms with Crippen molar-refractivity contribution in [3.63, 3.8) is 0 Å². The molecule has 0 amide bonds. The minimum Gasteiger partial charge on any atom is -0.497 e. The molecule has 0 radical (unpaired) electrons. The van der Waals surface area contributed by atoms with Gasteiger partial charge < -0.3 is 14.2 Å². The molecule has 2 rings (SSSR count). The number of nitrogens with zero attached hydrogens (tertiary/aromatic N) is 2. The summed E-state index contributed by atoms with van der Waals surface area (Å²) >= 11 is 0. The topological polar surface area (TPSA) is 79.7 Å². The van der Waals surface area contributed by atoms with E-state index in [2.05, 4.69) is 9.84 Å². The van der Waals surface area contributed by atoms with Crippen molar-refractivity contribution in [3.05, 3.63) is 40.7 Å². The summed E-state index contributed by atoms with van der Waals surface area (Å²) in [6.45, 7) is 1.55. The first-order chi connectivity index (χ1) is 11.0. The van der Waals surface area contributed by atoms with Crippen molar-refractivity contribution in [3.8, 4) is 22.8 Å². The minimum atomic E-state index is -0.830. The first-order valence-corrected chi connectivity index (χ1v) is 6.92. The van der Waals surface area contributed by atoms with Crippen LogP contribution < -0.4 is 15.0 Å². The van der Waals surface area contributed by atoms with Crippen LogP contribution in [0.3, 0.4) is 0 Å². The number of carbonyl (C=O) groups excluding carboxylic acids is 1. The highest BCUT2D eigenvalue weighted by molar-refractivity contribution is 5.73. The van der Waals surface area contributed by atoms with Crippen molar-refractivity contribution in [2.24, 2.45) is 0 Å². The first-order valence-electron chi connectivity index (χ1n) is 6.92. The molecule has 0 aliphatic heterocycles. The van der Waals surface area contributed by atoms with E-state index in [4.69, 9.17) is 9.47 Å². The van der Waals surface area contributed by atoms with Crippen molar-refractivity contribution < 1.29 is 19.0 Å². The Morgan fingerprint density at radius 3 is 2.48 bits per heavy atom. The molecule has 0 spiro atoms. The molecule has 122 valence electrons. The smallest absolute Gasteiger partial charge is 0.330 e. The van der Waals surface area contributed by atoms with Gasteiger partial charge >= 0.3 is 5.97 Å². The van der Waals surface area contributed by atoms with Gasteiger partial charge in [-0.2, -0.15) is 5.10 Å². The third-order valence-corrected chi connectivity index (χ3v) is 3.42. The maximum atomic E-state index is 12.0. The van der Waals surface area contributed by atoms with Crippen LogP contribution in [0.2, 0.25) is 0 Å². The zero-order valence-corrected chi connectivity index (χ0v) is 13.4. The highest BCUT2D eigenvalue weighted by Crippen LogP contribution is 2.31. The number of benzene rings is 1. The van der Waals surface area contributed by atoms with Crippen LogP contribution in [0.1, 0.15) is 13.0 Å². The van der Waals surface area contributed by atoms with Crippen LogP contribution in [-0.2, 0) is 9.53 Å². The fourth-order valence-corrected chi connectivity index (χ4v) is 2.13. The van der Waals surface area contributed by atoms with Crippen LogP contribution >= 0.6 is 0 Å². The molecule has 0 N–H and O–H groups in total. The van der Waals surface area contributed by atoms with E-state index in [9.17, 15) is 9.59 Å². The largest absolute Gasteiger partial charge is 0.497 e. The monoisotopic (exact) mass is 318 g/mol. The summed E-state index contributed by atoms with van der Waals surface area (Å²) < 4.78 is 16.3. The Morgan fingerprint density at radius 2 is 1.87 bits per heavy atom. The van der Waals surface area contributed by atoms with Crippen molar-refractivity contribution in [1.82, 2.24) is 9.78 Å². The van der Waals surface area contributed by atoms with Crippen molar-refractivity contribution in [2.75, 3.05) is 21.3 Å². The summed E-state index contributed by atoms with van der Waals surface area (Å²) in [5.41, 5.74) is 0.738. The van der Waals surface area contributed by atoms with Crippen LogP contribution in [0, 0.1) is 0 Å². The molecule has 0 aliphatic rings. The lowest BCUT2D eigenvalue weighted by molar-refractivity contribution is -0.144. The standard InChI is InChI=1S/C16H18N2O5/c1-10(16(20)23-4)18-15(19)8-6-13(17-18)12-9-11(21-2)5-7-14(12)22-3/h5-10H,1-4H3/t10-/m1/s1. The third-order valence-electron chi connectivity index (χ3n) is 3.42. The molecule has 0 bridgehead atoms. The third kappa shape index (κ3) is 3.33. The molecule has 0 fully saturated rings. The molecule has 1 atom stereocenters. The summed E-state index contributed by atoms with van der Waals surface area (Å²) in [5, 5.41) is 4.26. The normalized spacial score (nSPS) is 11.7. The van der Waals surface area contributed by atoms with Gasteiger partial charge in [-0.3, -0.25) is 4.79 Å². The number of methoxy groups -OCH3 is 3. The highest BCUT2D eigenvalue weighted by Gasteiger charge is 2.19. The summed E-state index contributed by atoms with van der Waals surface area (Å²) in [6.07, 6.45) is 0. The number of ether oxygens (including phenoxy) is 3. The van der Waals surface area contributed by atoms with Gasteiger partial charge in [0, 0.05) is 11.6 Å². The molecule has 0 aliphatic carbocycles. The van der Waals surface area contributed by atoms with Crippen LogP contribution in [0.4, 0.5) is 0 Å². The van der Waals surface area contributed by atoms with Gasteiger partial charge in [-0.15, -0.1) is 0 Å². The molecule has 7 nitrogen and oxygen atoms in total. The average molecular weight is 318 g/mol. The zero-order valence-electron chi connectivity index (χ0n) is 13.4. The van der Waals surface area contributed by atoms with Gasteiger partial charge in [0.05, 0.1) is 27.0 Å². The fourth-order valence-electron chi connectivity index (χ4n) is 2.13. The van der Waals surface area contributed by atoms with Crippen LogP contribution in [0.15, 0.2) is 35.1 Å². The number of hydrogen-bond acceptors (Lipinski definition) is 6. The van der Waals surface area contributed by atoms with Gasteiger partial charge in [-0.25, -0.2) is 9.48 Å². The lowest BCUT2D eigenvalue weighted by Gasteiger charge is -2.14. The van der Waals surface area contributed by atoms with Crippen molar-refractivity contribution in [2.45, 2.75) is 13.0 Å². The van der Waals surface area contributed by atoms with Crippen molar-refractivity contribution in [1.29, 1.82) is 0 Å². The van der Waals surface area contributed by atoms with Gasteiger partial charge in [0.25, 0.3) is 5.56 Å². The molecule has 1 aromatic carbocycles. The summed E-state index contributed by atoms with van der Waals surface area (Å²) in [5.74, 6) is 0.657. The Labute approximate surface area is 133 Å². The minimum absolute atomic E-state index is 0.395. The summed E-state index contributed by atoms with van der Waals surface area (Å²) in [4.78, 5) is 23.6. The second kappa shape index (κ2) is 6.95. The molecule has 23 heavy (non-hydrogen) atoms. The van der Waals surface area contributed by atoms with Crippen LogP contribution in [0.5, 0.6) is 11.5 Å². The quantitative estimate of drug-likeness (QED) is 0.780. The van der Waals surface area contributed by atoms with E-state index in [1.807, 2.05) is 0 Å². The first kappa shape index (κ1) is 16.5. The summed E-state index contributed by atoms with van der Waals surface area (Å²) in [6, 6.07) is 7.34. The second-order valence-corrected chi connectivity index (χ2v) is 4.77. The van der Waals surface area contributed by atoms with Gasteiger partial charge in [0.2, 0.25) is 0 Å². The lowest BCUT2D eigenvalue weighted by Crippen LogP contribution is -2.30. The Balaban J connectivity index is 2.57. The molecule has 1 heterocycles. The highest BCUT2D eigenvalue weighted by atomic mass is 16.5. The number of hydrogen-bond donors (Lipinski definition) is 0. The zero-order chi connectivity index (χ0) is 17.0. The maximum Gasteiger partial charge on any atom is 0.330 e. The number of aromatic nitrogens is 2. The van der Waals surface area contributed by atoms with Gasteiger partial charge in [0.15, 0.2) is 6.04 Å². The molecule has 1 aromatic heterocycles. The van der Waals surface area contributed by atoms with Gasteiger partial charge in [-0.05, 0) is 31.2 Å². The van der Waals surface area contributed by atoms with E-state index in [1.54, 1.807) is 45.4 Å². The molecule has 0 saturated heterocycles. The van der Waals surface area contributed by atoms with E-state index in [1.165, 1.54) is 13.2 Å². The predicted molar refractivity (Wildman–Crippen MR) is 83.8 cm³/mol. The number of esters is 1. The molecular formula is C16H18N2O5. The number of carbonyl (C=O) groups is 1. The van der Waals surface area contributed by atoms with E-state index in [-0.39, 0.29) is 0 Å². The molecule has 0 saturated carbocycles.